The van der Waals surface area contributed by atoms with Crippen molar-refractivity contribution in [3.8, 4) is 0 Å². The van der Waals surface area contributed by atoms with E-state index in [9.17, 15) is 0 Å². The molecular formula is C20H43O2Sb. The predicted molar refractivity (Wildman–Crippen MR) is 104 cm³/mol. The van der Waals surface area contributed by atoms with Gasteiger partial charge < -0.3 is 0 Å². The Morgan fingerprint density at radius 3 is 1.30 bits per heavy atom. The summed E-state index contributed by atoms with van der Waals surface area (Å²) in [7, 11) is 0. The summed E-state index contributed by atoms with van der Waals surface area (Å²) in [6, 6.07) is 0. The summed E-state index contributed by atoms with van der Waals surface area (Å²) in [5, 5.41) is 0. The first-order valence-corrected chi connectivity index (χ1v) is 14.3. The van der Waals surface area contributed by atoms with E-state index in [-0.39, 0.29) is 0 Å². The molecule has 0 fully saturated rings. The van der Waals surface area contributed by atoms with E-state index in [1.54, 1.807) is 0 Å². The van der Waals surface area contributed by atoms with Crippen molar-refractivity contribution in [2.24, 2.45) is 0 Å². The third kappa shape index (κ3) is 18.9. The van der Waals surface area contributed by atoms with Gasteiger partial charge in [-0.25, -0.2) is 0 Å². The van der Waals surface area contributed by atoms with Crippen LogP contribution >= 0.6 is 0 Å². The molecule has 0 unspecified atom stereocenters. The molecule has 0 aromatic carbocycles. The molecule has 140 valence electrons. The van der Waals surface area contributed by atoms with Crippen LogP contribution in [-0.2, 0) is 6.03 Å². The van der Waals surface area contributed by atoms with Crippen LogP contribution in [-0.4, -0.2) is 34.3 Å². The second kappa shape index (κ2) is 20.8. The Balaban J connectivity index is 3.56. The monoisotopic (exact) mass is 436 g/mol. The SMILES string of the molecule is CCCCCCCC[O][Sb]([CH2]CCC)[O]CCCCCCCC. The van der Waals surface area contributed by atoms with Gasteiger partial charge in [0, 0.05) is 0 Å². The fraction of sp³-hybridized carbons (Fsp3) is 1.00. The van der Waals surface area contributed by atoms with Crippen LogP contribution in [0.5, 0.6) is 0 Å². The first-order valence-electron chi connectivity index (χ1n) is 10.4. The molecule has 23 heavy (non-hydrogen) atoms. The first kappa shape index (κ1) is 23.7. The molecule has 0 saturated heterocycles. The summed E-state index contributed by atoms with van der Waals surface area (Å²) in [4.78, 5) is 0. The number of rotatable bonds is 19. The van der Waals surface area contributed by atoms with Gasteiger partial charge in [0.05, 0.1) is 0 Å². The van der Waals surface area contributed by atoms with Gasteiger partial charge in [0.2, 0.25) is 0 Å². The van der Waals surface area contributed by atoms with Crippen molar-refractivity contribution in [3.63, 3.8) is 0 Å². The minimum atomic E-state index is -1.84. The van der Waals surface area contributed by atoms with Gasteiger partial charge >= 0.3 is 155 Å². The van der Waals surface area contributed by atoms with Crippen molar-refractivity contribution in [1.82, 2.24) is 0 Å². The van der Waals surface area contributed by atoms with Gasteiger partial charge in [-0.05, 0) is 0 Å². The minimum absolute atomic E-state index is 0.954. The zero-order chi connectivity index (χ0) is 17.0. The topological polar surface area (TPSA) is 18.5 Å². The maximum atomic E-state index is 6.16. The molecule has 0 radical (unpaired) electrons. The summed E-state index contributed by atoms with van der Waals surface area (Å²) in [6.07, 6.45) is 18.7. The summed E-state index contributed by atoms with van der Waals surface area (Å²) in [5.41, 5.74) is 0. The van der Waals surface area contributed by atoms with Crippen LogP contribution in [0.15, 0.2) is 0 Å². The molecule has 0 aliphatic rings. The fourth-order valence-corrected chi connectivity index (χ4v) is 7.04. The van der Waals surface area contributed by atoms with Crippen LogP contribution < -0.4 is 0 Å². The maximum absolute atomic E-state index is 6.16. The van der Waals surface area contributed by atoms with E-state index in [2.05, 4.69) is 20.8 Å². The summed E-state index contributed by atoms with van der Waals surface area (Å²) >= 11 is -1.84. The van der Waals surface area contributed by atoms with Gasteiger partial charge in [0.1, 0.15) is 0 Å². The molecule has 0 amide bonds. The molecule has 0 bridgehead atoms. The molecule has 0 aromatic rings. The Hall–Kier alpha value is 0.738. The zero-order valence-electron chi connectivity index (χ0n) is 16.3. The second-order valence-corrected chi connectivity index (χ2v) is 11.3. The van der Waals surface area contributed by atoms with Crippen molar-refractivity contribution in [1.29, 1.82) is 0 Å². The van der Waals surface area contributed by atoms with E-state index < -0.39 is 21.1 Å². The van der Waals surface area contributed by atoms with E-state index in [1.807, 2.05) is 0 Å². The molecule has 3 heteroatoms. The molecule has 0 aliphatic heterocycles. The van der Waals surface area contributed by atoms with Crippen LogP contribution in [0.2, 0.25) is 4.37 Å². The molecule has 0 N–H and O–H groups in total. The molecule has 0 heterocycles. The third-order valence-corrected chi connectivity index (χ3v) is 8.79. The van der Waals surface area contributed by atoms with Gasteiger partial charge in [0.15, 0.2) is 0 Å². The van der Waals surface area contributed by atoms with Crippen LogP contribution in [0.25, 0.3) is 0 Å². The van der Waals surface area contributed by atoms with Crippen molar-refractivity contribution < 1.29 is 6.03 Å². The summed E-state index contributed by atoms with van der Waals surface area (Å²) in [6.45, 7) is 8.72. The van der Waals surface area contributed by atoms with Crippen molar-refractivity contribution in [2.45, 2.75) is 115 Å². The van der Waals surface area contributed by atoms with Gasteiger partial charge in [-0.1, -0.05) is 0 Å². The van der Waals surface area contributed by atoms with Gasteiger partial charge in [-0.3, -0.25) is 0 Å². The molecule has 0 rings (SSSR count). The predicted octanol–water partition coefficient (Wildman–Crippen LogP) is 7.03. The molecule has 0 atom stereocenters. The van der Waals surface area contributed by atoms with E-state index in [0.29, 0.717) is 0 Å². The number of hydrogen-bond acceptors (Lipinski definition) is 2. The van der Waals surface area contributed by atoms with E-state index in [4.69, 9.17) is 6.03 Å². The Morgan fingerprint density at radius 2 is 0.870 bits per heavy atom. The molecular weight excluding hydrogens is 394 g/mol. The number of unbranched alkanes of at least 4 members (excludes halogenated alkanes) is 11. The van der Waals surface area contributed by atoms with Crippen LogP contribution in [0.4, 0.5) is 0 Å². The Morgan fingerprint density at radius 1 is 0.478 bits per heavy atom. The second-order valence-electron chi connectivity index (χ2n) is 6.61. The summed E-state index contributed by atoms with van der Waals surface area (Å²) in [5.74, 6) is 0. The Labute approximate surface area is 155 Å². The average molecular weight is 437 g/mol. The van der Waals surface area contributed by atoms with E-state index in [1.165, 1.54) is 94.3 Å². The fourth-order valence-electron chi connectivity index (χ4n) is 2.55. The van der Waals surface area contributed by atoms with Crippen LogP contribution in [0.1, 0.15) is 111 Å². The van der Waals surface area contributed by atoms with Crippen molar-refractivity contribution in [2.75, 3.05) is 13.2 Å². The first-order chi connectivity index (χ1) is 11.3. The molecule has 2 nitrogen and oxygen atoms in total. The van der Waals surface area contributed by atoms with E-state index in [0.717, 1.165) is 13.2 Å². The van der Waals surface area contributed by atoms with Gasteiger partial charge in [-0.15, -0.1) is 0 Å². The van der Waals surface area contributed by atoms with Gasteiger partial charge in [-0.2, -0.15) is 0 Å². The molecule has 0 saturated carbocycles. The summed E-state index contributed by atoms with van der Waals surface area (Å²) < 4.78 is 13.6. The van der Waals surface area contributed by atoms with Crippen LogP contribution in [0.3, 0.4) is 0 Å². The number of hydrogen-bond donors (Lipinski definition) is 0. The Bertz CT molecular complexity index is 194. The normalized spacial score (nSPS) is 11.5. The molecule has 0 aliphatic carbocycles. The van der Waals surface area contributed by atoms with E-state index >= 15 is 0 Å². The van der Waals surface area contributed by atoms with Crippen molar-refractivity contribution in [3.05, 3.63) is 0 Å². The zero-order valence-corrected chi connectivity index (χ0v) is 18.8. The third-order valence-electron chi connectivity index (χ3n) is 4.16. The van der Waals surface area contributed by atoms with Gasteiger partial charge in [0.25, 0.3) is 0 Å². The van der Waals surface area contributed by atoms with Crippen LogP contribution in [0, 0.1) is 0 Å². The Kier molecular flexibility index (Phi) is 21.4. The average Bonchev–Trinajstić information content (AvgIpc) is 2.57. The molecule has 0 aromatic heterocycles. The standard InChI is InChI=1S/2C8H17O.C4H9.Sb/c2*1-2-3-4-5-6-7-8-9;1-3-4-2;/h2*2-8H2,1H3;1,3-4H2,2H3;/q2*-1;;+2. The molecule has 0 spiro atoms. The van der Waals surface area contributed by atoms with Crippen molar-refractivity contribution >= 4 is 21.1 Å². The quantitative estimate of drug-likeness (QED) is 0.160.